The van der Waals surface area contributed by atoms with Crippen LogP contribution >= 0.6 is 0 Å². The van der Waals surface area contributed by atoms with Crippen LogP contribution in [-0.4, -0.2) is 16.1 Å². The molecule has 1 heterocycles. The number of rotatable bonds is 4. The van der Waals surface area contributed by atoms with Gasteiger partial charge in [-0.1, -0.05) is 6.92 Å². The average molecular weight is 208 g/mol. The van der Waals surface area contributed by atoms with Gasteiger partial charge in [0.2, 0.25) is 0 Å². The highest BCUT2D eigenvalue weighted by Gasteiger charge is 2.09. The highest BCUT2D eigenvalue weighted by molar-refractivity contribution is 5.41. The van der Waals surface area contributed by atoms with E-state index in [4.69, 9.17) is 0 Å². The van der Waals surface area contributed by atoms with E-state index in [1.54, 1.807) is 6.20 Å². The number of hydrogen-bond donors (Lipinski definition) is 2. The number of aryl methyl sites for hydroxylation is 1. The minimum Gasteiger partial charge on any atom is -0.388 e. The molecule has 1 aromatic heterocycles. The molecule has 0 spiro atoms. The van der Waals surface area contributed by atoms with Crippen LogP contribution in [0.1, 0.15) is 44.4 Å². The molecule has 1 rings (SSSR count). The van der Waals surface area contributed by atoms with Crippen LogP contribution in [0.3, 0.4) is 0 Å². The van der Waals surface area contributed by atoms with E-state index in [0.29, 0.717) is 6.04 Å². The van der Waals surface area contributed by atoms with Crippen molar-refractivity contribution in [1.82, 2.24) is 4.98 Å². The van der Waals surface area contributed by atoms with E-state index in [-0.39, 0.29) is 0 Å². The molecule has 84 valence electrons. The Balaban J connectivity index is 2.88. The standard InChI is InChI=1S/C12H20N2O/c1-5-11(15)10-7-13-12(6-9(10)4)14-8(2)3/h6-8,11,15H,5H2,1-4H3,(H,13,14)/t11-/m0/s1. The summed E-state index contributed by atoms with van der Waals surface area (Å²) < 4.78 is 0. The van der Waals surface area contributed by atoms with Crippen molar-refractivity contribution in [2.75, 3.05) is 5.32 Å². The van der Waals surface area contributed by atoms with Gasteiger partial charge in [0, 0.05) is 17.8 Å². The maximum absolute atomic E-state index is 9.72. The summed E-state index contributed by atoms with van der Waals surface area (Å²) in [5, 5.41) is 13.0. The second kappa shape index (κ2) is 5.12. The topological polar surface area (TPSA) is 45.2 Å². The summed E-state index contributed by atoms with van der Waals surface area (Å²) in [6.07, 6.45) is 2.08. The van der Waals surface area contributed by atoms with Gasteiger partial charge in [0.15, 0.2) is 0 Å². The SMILES string of the molecule is CC[C@H](O)c1cnc(NC(C)C)cc1C. The Morgan fingerprint density at radius 3 is 2.60 bits per heavy atom. The number of aromatic nitrogens is 1. The van der Waals surface area contributed by atoms with Crippen LogP contribution < -0.4 is 5.32 Å². The quantitative estimate of drug-likeness (QED) is 0.799. The molecule has 0 amide bonds. The largest absolute Gasteiger partial charge is 0.388 e. The Morgan fingerprint density at radius 2 is 2.13 bits per heavy atom. The first-order valence-electron chi connectivity index (χ1n) is 5.45. The highest BCUT2D eigenvalue weighted by atomic mass is 16.3. The summed E-state index contributed by atoms with van der Waals surface area (Å²) in [6, 6.07) is 2.35. The van der Waals surface area contributed by atoms with E-state index in [0.717, 1.165) is 23.4 Å². The molecule has 15 heavy (non-hydrogen) atoms. The summed E-state index contributed by atoms with van der Waals surface area (Å²) >= 11 is 0. The average Bonchev–Trinajstić information content (AvgIpc) is 2.16. The molecular formula is C12H20N2O. The van der Waals surface area contributed by atoms with E-state index in [1.165, 1.54) is 0 Å². The molecule has 0 radical (unpaired) electrons. The van der Waals surface area contributed by atoms with E-state index in [9.17, 15) is 5.11 Å². The molecule has 0 unspecified atom stereocenters. The number of hydrogen-bond acceptors (Lipinski definition) is 3. The van der Waals surface area contributed by atoms with Gasteiger partial charge >= 0.3 is 0 Å². The predicted octanol–water partition coefficient (Wildman–Crippen LogP) is 2.65. The zero-order valence-electron chi connectivity index (χ0n) is 9.91. The second-order valence-electron chi connectivity index (χ2n) is 4.15. The first-order valence-corrected chi connectivity index (χ1v) is 5.45. The molecule has 0 saturated carbocycles. The lowest BCUT2D eigenvalue weighted by Gasteiger charge is -2.14. The Labute approximate surface area is 91.5 Å². The van der Waals surface area contributed by atoms with Gasteiger partial charge < -0.3 is 10.4 Å². The minimum absolute atomic E-state index is 0.374. The number of aliphatic hydroxyl groups is 1. The summed E-state index contributed by atoms with van der Waals surface area (Å²) in [4.78, 5) is 4.28. The van der Waals surface area contributed by atoms with Crippen molar-refractivity contribution in [1.29, 1.82) is 0 Å². The van der Waals surface area contributed by atoms with Crippen molar-refractivity contribution < 1.29 is 5.11 Å². The molecule has 2 N–H and O–H groups in total. The van der Waals surface area contributed by atoms with Crippen molar-refractivity contribution in [3.8, 4) is 0 Å². The van der Waals surface area contributed by atoms with Gasteiger partial charge in [0.05, 0.1) is 6.10 Å². The normalized spacial score (nSPS) is 12.9. The Kier molecular flexibility index (Phi) is 4.09. The van der Waals surface area contributed by atoms with Gasteiger partial charge in [-0.2, -0.15) is 0 Å². The lowest BCUT2D eigenvalue weighted by atomic mass is 10.0. The van der Waals surface area contributed by atoms with Crippen LogP contribution in [0, 0.1) is 6.92 Å². The molecule has 0 aliphatic rings. The number of aliphatic hydroxyl groups excluding tert-OH is 1. The number of pyridine rings is 1. The molecule has 1 atom stereocenters. The highest BCUT2D eigenvalue weighted by Crippen LogP contribution is 2.21. The van der Waals surface area contributed by atoms with E-state index in [2.05, 4.69) is 24.1 Å². The summed E-state index contributed by atoms with van der Waals surface area (Å²) in [7, 11) is 0. The number of nitrogens with zero attached hydrogens (tertiary/aromatic N) is 1. The van der Waals surface area contributed by atoms with Gasteiger partial charge in [-0.3, -0.25) is 0 Å². The van der Waals surface area contributed by atoms with Crippen LogP contribution in [0.4, 0.5) is 5.82 Å². The van der Waals surface area contributed by atoms with Crippen LogP contribution in [0.2, 0.25) is 0 Å². The molecule has 3 nitrogen and oxygen atoms in total. The third kappa shape index (κ3) is 3.20. The van der Waals surface area contributed by atoms with Crippen molar-refractivity contribution in [3.63, 3.8) is 0 Å². The summed E-state index contributed by atoms with van der Waals surface area (Å²) in [6.45, 7) is 8.11. The van der Waals surface area contributed by atoms with Gasteiger partial charge in [-0.05, 0) is 38.8 Å². The second-order valence-corrected chi connectivity index (χ2v) is 4.15. The zero-order valence-corrected chi connectivity index (χ0v) is 9.91. The molecule has 0 fully saturated rings. The number of nitrogens with one attached hydrogen (secondary N) is 1. The van der Waals surface area contributed by atoms with Crippen LogP contribution in [-0.2, 0) is 0 Å². The maximum Gasteiger partial charge on any atom is 0.126 e. The molecular weight excluding hydrogens is 188 g/mol. The molecule has 0 aromatic carbocycles. The van der Waals surface area contributed by atoms with Crippen molar-refractivity contribution >= 4 is 5.82 Å². The lowest BCUT2D eigenvalue weighted by Crippen LogP contribution is -2.11. The molecule has 1 aromatic rings. The Hall–Kier alpha value is -1.09. The van der Waals surface area contributed by atoms with Crippen molar-refractivity contribution in [3.05, 3.63) is 23.4 Å². The minimum atomic E-state index is -0.398. The fourth-order valence-corrected chi connectivity index (χ4v) is 1.51. The van der Waals surface area contributed by atoms with Gasteiger partial charge in [0.1, 0.15) is 5.82 Å². The van der Waals surface area contributed by atoms with E-state index >= 15 is 0 Å². The molecule has 0 aliphatic carbocycles. The zero-order chi connectivity index (χ0) is 11.4. The fourth-order valence-electron chi connectivity index (χ4n) is 1.51. The molecule has 3 heteroatoms. The molecule has 0 aliphatic heterocycles. The van der Waals surface area contributed by atoms with E-state index < -0.39 is 6.10 Å². The first kappa shape index (κ1) is 12.0. The monoisotopic (exact) mass is 208 g/mol. The smallest absolute Gasteiger partial charge is 0.126 e. The van der Waals surface area contributed by atoms with Crippen molar-refractivity contribution in [2.24, 2.45) is 0 Å². The fraction of sp³-hybridized carbons (Fsp3) is 0.583. The molecule has 0 saturated heterocycles. The van der Waals surface area contributed by atoms with Crippen LogP contribution in [0.15, 0.2) is 12.3 Å². The maximum atomic E-state index is 9.72. The Bertz CT molecular complexity index is 323. The predicted molar refractivity (Wildman–Crippen MR) is 63.0 cm³/mol. The van der Waals surface area contributed by atoms with Crippen LogP contribution in [0.5, 0.6) is 0 Å². The Morgan fingerprint density at radius 1 is 1.47 bits per heavy atom. The third-order valence-electron chi connectivity index (χ3n) is 2.33. The number of anilines is 1. The van der Waals surface area contributed by atoms with Gasteiger partial charge in [0.25, 0.3) is 0 Å². The van der Waals surface area contributed by atoms with Gasteiger partial charge in [-0.15, -0.1) is 0 Å². The first-order chi connectivity index (χ1) is 7.04. The summed E-state index contributed by atoms with van der Waals surface area (Å²) in [5.74, 6) is 0.870. The van der Waals surface area contributed by atoms with E-state index in [1.807, 2.05) is 19.9 Å². The van der Waals surface area contributed by atoms with Gasteiger partial charge in [-0.25, -0.2) is 4.98 Å². The molecule has 0 bridgehead atoms. The lowest BCUT2D eigenvalue weighted by molar-refractivity contribution is 0.172. The van der Waals surface area contributed by atoms with Crippen molar-refractivity contribution in [2.45, 2.75) is 46.3 Å². The van der Waals surface area contributed by atoms with Crippen LogP contribution in [0.25, 0.3) is 0 Å². The summed E-state index contributed by atoms with van der Waals surface area (Å²) in [5.41, 5.74) is 2.01. The third-order valence-corrected chi connectivity index (χ3v) is 2.33.